The molecular formula is C102H158O12. The predicted molar refractivity (Wildman–Crippen MR) is 476 cm³/mol. The molecule has 13 atom stereocenters. The zero-order valence-corrected chi connectivity index (χ0v) is 74.6. The van der Waals surface area contributed by atoms with E-state index in [1.807, 2.05) is 66.7 Å². The summed E-state index contributed by atoms with van der Waals surface area (Å²) in [5.41, 5.74) is 11.8. The highest BCUT2D eigenvalue weighted by Gasteiger charge is 2.42. The maximum absolute atomic E-state index is 10.2. The maximum atomic E-state index is 10.2. The summed E-state index contributed by atoms with van der Waals surface area (Å²) in [5, 5.41) is 115. The molecule has 13 unspecified atom stereocenters. The van der Waals surface area contributed by atoms with Gasteiger partial charge < -0.3 is 61.3 Å². The first kappa shape index (κ1) is 102. The van der Waals surface area contributed by atoms with E-state index in [1.54, 1.807) is 0 Å². The van der Waals surface area contributed by atoms with Crippen LogP contribution in [0.3, 0.4) is 0 Å². The van der Waals surface area contributed by atoms with Crippen molar-refractivity contribution in [2.24, 2.45) is 29.6 Å². The Bertz CT molecular complexity index is 3580. The predicted octanol–water partition coefficient (Wildman–Crippen LogP) is 20.8. The topological polar surface area (TPSA) is 243 Å². The smallest absolute Gasteiger partial charge is 0.152 e. The fourth-order valence-corrected chi connectivity index (χ4v) is 16.8. The van der Waals surface area contributed by atoms with Gasteiger partial charge in [-0.1, -0.05) is 372 Å². The summed E-state index contributed by atoms with van der Waals surface area (Å²) in [6.07, 6.45) is 7.71. The van der Waals surface area contributed by atoms with Gasteiger partial charge in [0, 0.05) is 18.3 Å². The molecule has 0 heterocycles. The SMILES string of the molecule is CCC(C)CC(C)(CC(O)CO)c1ccc(C(C)(C)C)cc1.CCC(C)CC(C)(CC(O)CO)c1ccccc1.CCC(C)CC(C)(CC(O)O)c1ccc(C(C)(C)C)cc1.CCC(C)CC(C)(CC(O)O)c1ccccc1.CCC(C)CC(CC(C)(C)c1ccccc1)(c1ccc(C(O)CO)cc1)c1ccc(C(O)CO)cc1. The minimum absolute atomic E-state index is 0.0706. The molecule has 0 aliphatic rings. The average Bonchev–Trinajstić information content (AvgIpc) is 0.752. The third-order valence-corrected chi connectivity index (χ3v) is 24.6. The lowest BCUT2D eigenvalue weighted by molar-refractivity contribution is -0.0620. The van der Waals surface area contributed by atoms with Crippen molar-refractivity contribution in [1.82, 2.24) is 0 Å². The van der Waals surface area contributed by atoms with Crippen LogP contribution in [0, 0.1) is 29.6 Å². The summed E-state index contributed by atoms with van der Waals surface area (Å²) >= 11 is 0. The first-order chi connectivity index (χ1) is 53.4. The molecular weight excluding hydrogens is 1420 g/mol. The number of aliphatic hydroxyl groups excluding tert-OH is 10. The fraction of sp³-hybridized carbons (Fsp3) is 0.588. The zero-order chi connectivity index (χ0) is 86.1. The van der Waals surface area contributed by atoms with Gasteiger partial charge in [0.25, 0.3) is 0 Å². The Hall–Kier alpha value is -5.94. The molecule has 0 saturated heterocycles. The van der Waals surface area contributed by atoms with Gasteiger partial charge in [-0.3, -0.25) is 0 Å². The summed E-state index contributed by atoms with van der Waals surface area (Å²) in [4.78, 5) is 0. The Morgan fingerprint density at radius 3 is 0.711 bits per heavy atom. The van der Waals surface area contributed by atoms with Crippen LogP contribution >= 0.6 is 0 Å². The summed E-state index contributed by atoms with van der Waals surface area (Å²) in [6.45, 7) is 47.8. The fourth-order valence-electron chi connectivity index (χ4n) is 16.8. The van der Waals surface area contributed by atoms with Crippen molar-refractivity contribution < 1.29 is 61.3 Å². The van der Waals surface area contributed by atoms with Crippen LogP contribution in [0.1, 0.15) is 322 Å². The molecule has 7 rings (SSSR count). The largest absolute Gasteiger partial charge is 0.394 e. The summed E-state index contributed by atoms with van der Waals surface area (Å²) in [6, 6.07) is 64.6. The lowest BCUT2D eigenvalue weighted by Gasteiger charge is -2.43. The molecule has 12 N–H and O–H groups in total. The molecule has 0 bridgehead atoms. The van der Waals surface area contributed by atoms with Crippen LogP contribution in [0.2, 0.25) is 0 Å². The Labute approximate surface area is 691 Å². The van der Waals surface area contributed by atoms with Crippen molar-refractivity contribution in [3.8, 4) is 0 Å². The van der Waals surface area contributed by atoms with Crippen LogP contribution < -0.4 is 0 Å². The van der Waals surface area contributed by atoms with E-state index in [9.17, 15) is 56.2 Å². The lowest BCUT2D eigenvalue weighted by atomic mass is 9.60. The number of benzene rings is 7. The van der Waals surface area contributed by atoms with Crippen molar-refractivity contribution in [3.63, 3.8) is 0 Å². The molecule has 0 aliphatic carbocycles. The van der Waals surface area contributed by atoms with Gasteiger partial charge in [-0.05, 0) is 180 Å². The minimum atomic E-state index is -1.26. The van der Waals surface area contributed by atoms with E-state index in [0.717, 1.165) is 81.8 Å². The highest BCUT2D eigenvalue weighted by Crippen LogP contribution is 2.49. The Morgan fingerprint density at radius 2 is 0.474 bits per heavy atom. The number of hydrogen-bond donors (Lipinski definition) is 12. The van der Waals surface area contributed by atoms with Crippen molar-refractivity contribution in [1.29, 1.82) is 0 Å². The van der Waals surface area contributed by atoms with Crippen molar-refractivity contribution in [3.05, 3.63) is 249 Å². The molecule has 7 aromatic carbocycles. The Balaban J connectivity index is 0.000000381. The second-order valence-electron chi connectivity index (χ2n) is 37.8. The van der Waals surface area contributed by atoms with Crippen LogP contribution in [-0.4, -0.2) is 112 Å². The van der Waals surface area contributed by atoms with Crippen molar-refractivity contribution in [2.45, 2.75) is 329 Å². The highest BCUT2D eigenvalue weighted by molar-refractivity contribution is 5.45. The molecule has 12 heteroatoms. The third-order valence-electron chi connectivity index (χ3n) is 24.6. The third kappa shape index (κ3) is 32.8. The normalized spacial score (nSPS) is 17.0. The molecule has 0 amide bonds. The van der Waals surface area contributed by atoms with Gasteiger partial charge in [-0.25, -0.2) is 0 Å². The monoisotopic (exact) mass is 1580 g/mol. The van der Waals surface area contributed by atoms with Crippen LogP contribution in [-0.2, 0) is 43.3 Å². The van der Waals surface area contributed by atoms with Gasteiger partial charge in [0.2, 0.25) is 0 Å². The van der Waals surface area contributed by atoms with Crippen LogP contribution in [0.5, 0.6) is 0 Å². The second kappa shape index (κ2) is 48.2. The molecule has 0 aromatic heterocycles. The molecule has 114 heavy (non-hydrogen) atoms. The maximum Gasteiger partial charge on any atom is 0.152 e. The summed E-state index contributed by atoms with van der Waals surface area (Å²) in [7, 11) is 0. The van der Waals surface area contributed by atoms with E-state index in [2.05, 4.69) is 274 Å². The van der Waals surface area contributed by atoms with E-state index in [-0.39, 0.29) is 69.7 Å². The molecule has 12 nitrogen and oxygen atoms in total. The van der Waals surface area contributed by atoms with Crippen LogP contribution in [0.15, 0.2) is 188 Å². The summed E-state index contributed by atoms with van der Waals surface area (Å²) in [5.74, 6) is 2.82. The quantitative estimate of drug-likeness (QED) is 0.0162. The van der Waals surface area contributed by atoms with Gasteiger partial charge in [-0.15, -0.1) is 0 Å². The van der Waals surface area contributed by atoms with Crippen molar-refractivity contribution >= 4 is 0 Å². The Kier molecular flexibility index (Phi) is 43.2. The second-order valence-corrected chi connectivity index (χ2v) is 37.8. The first-order valence-corrected chi connectivity index (χ1v) is 42.8. The first-order valence-electron chi connectivity index (χ1n) is 42.8. The van der Waals surface area contributed by atoms with Crippen LogP contribution in [0.4, 0.5) is 0 Å². The minimum Gasteiger partial charge on any atom is -0.394 e. The molecule has 7 aromatic rings. The zero-order valence-electron chi connectivity index (χ0n) is 74.6. The summed E-state index contributed by atoms with van der Waals surface area (Å²) < 4.78 is 0. The Morgan fingerprint density at radius 1 is 0.246 bits per heavy atom. The molecule has 0 fully saturated rings. The molecule has 0 aliphatic heterocycles. The standard InChI is InChI=1S/C32H42O4.C20H34O2.C19H32O2.C16H26O2.C15H24O2/c1-5-23(2)19-32(22-31(3,4)26-9-7-6-8-10-26,27-15-11-24(12-16-27)29(35)20-33)28-17-13-25(14-18-28)30(36)21-34;1-7-15(2)12-20(6,13-18(22)14-21)17-10-8-16(9-11-17)19(3,4)5;1-7-14(2)12-19(6,13-17(20)21)16-10-8-15(9-11-16)18(3,4)5;1-4-13(2)10-16(3,11-15(18)12-17)14-8-6-5-7-9-14;1-4-12(2)10-15(3,11-14(16)17)13-8-6-5-7-9-13/h6-18,23,29-30,33-36H,5,19-22H2,1-4H3;8-11,15,18,21-22H,7,12-14H2,1-6H3;8-11,14,17,20-21H,7,12-13H2,1-6H3;5-9,13,15,17-18H,4,10-12H2,1-3H3;5-9,12,14,16-17H,4,10-11H2,1-3H3. The van der Waals surface area contributed by atoms with E-state index < -0.39 is 37.0 Å². The van der Waals surface area contributed by atoms with E-state index in [0.29, 0.717) is 66.4 Å². The van der Waals surface area contributed by atoms with Gasteiger partial charge in [-0.2, -0.15) is 0 Å². The molecule has 0 saturated carbocycles. The average molecular weight is 1580 g/mol. The van der Waals surface area contributed by atoms with Crippen LogP contribution in [0.25, 0.3) is 0 Å². The van der Waals surface area contributed by atoms with E-state index in [4.69, 9.17) is 5.11 Å². The highest BCUT2D eigenvalue weighted by atomic mass is 16.5. The van der Waals surface area contributed by atoms with Gasteiger partial charge in [0.15, 0.2) is 12.6 Å². The van der Waals surface area contributed by atoms with Gasteiger partial charge >= 0.3 is 0 Å². The lowest BCUT2D eigenvalue weighted by Crippen LogP contribution is -2.37. The molecule has 0 spiro atoms. The number of hydrogen-bond acceptors (Lipinski definition) is 12. The number of aliphatic hydroxyl groups is 12. The molecule has 0 radical (unpaired) electrons. The molecule has 638 valence electrons. The van der Waals surface area contributed by atoms with Crippen molar-refractivity contribution in [2.75, 3.05) is 26.4 Å². The van der Waals surface area contributed by atoms with E-state index >= 15 is 0 Å². The van der Waals surface area contributed by atoms with Gasteiger partial charge in [0.1, 0.15) is 12.2 Å². The van der Waals surface area contributed by atoms with Gasteiger partial charge in [0.05, 0.1) is 38.6 Å². The van der Waals surface area contributed by atoms with E-state index in [1.165, 1.54) is 38.9 Å². The number of rotatable bonds is 38.